The van der Waals surface area contributed by atoms with Gasteiger partial charge in [-0.3, -0.25) is 24.3 Å². The number of carbonyl (C=O) groups is 3. The Hall–Kier alpha value is -3.90. The smallest absolute Gasteiger partial charge is 0.340 e. The van der Waals surface area contributed by atoms with E-state index in [1.54, 1.807) is 6.92 Å². The number of nitrogens with two attached hydrogens (primary N) is 1. The topological polar surface area (TPSA) is 157 Å². The first-order chi connectivity index (χ1) is 16.3. The predicted octanol–water partition coefficient (Wildman–Crippen LogP) is 0.530. The zero-order valence-electron chi connectivity index (χ0n) is 19.0. The van der Waals surface area contributed by atoms with Crippen LogP contribution in [0.1, 0.15) is 38.0 Å². The summed E-state index contributed by atoms with van der Waals surface area (Å²) < 4.78 is 27.6. The lowest BCUT2D eigenvalue weighted by molar-refractivity contribution is 0.0525. The average Bonchev–Trinajstić information content (AvgIpc) is 3.08. The highest BCUT2D eigenvalue weighted by molar-refractivity contribution is 6.23. The van der Waals surface area contributed by atoms with E-state index in [0.717, 1.165) is 10.6 Å². The van der Waals surface area contributed by atoms with Crippen molar-refractivity contribution in [3.05, 3.63) is 45.2 Å². The van der Waals surface area contributed by atoms with Gasteiger partial charge in [0.1, 0.15) is 19.0 Å². The molecule has 0 fully saturated rings. The molecule has 1 aromatic heterocycles. The largest absolute Gasteiger partial charge is 0.487 e. The van der Waals surface area contributed by atoms with Crippen molar-refractivity contribution in [1.29, 1.82) is 0 Å². The number of benzene rings is 1. The molecule has 1 aromatic carbocycles. The maximum absolute atomic E-state index is 13.0. The van der Waals surface area contributed by atoms with E-state index < -0.39 is 23.3 Å². The van der Waals surface area contributed by atoms with E-state index in [1.165, 1.54) is 26.4 Å². The maximum atomic E-state index is 13.0. The van der Waals surface area contributed by atoms with Crippen molar-refractivity contribution < 1.29 is 38.1 Å². The Labute approximate surface area is 194 Å². The molecule has 0 saturated carbocycles. The zero-order chi connectivity index (χ0) is 24.8. The first kappa shape index (κ1) is 24.7. The van der Waals surface area contributed by atoms with Crippen molar-refractivity contribution in [1.82, 2.24) is 9.88 Å². The number of nitrogens with zero attached hydrogens (tertiary/aromatic N) is 1. The van der Waals surface area contributed by atoms with Crippen molar-refractivity contribution in [2.45, 2.75) is 6.92 Å². The summed E-state index contributed by atoms with van der Waals surface area (Å²) in [6, 6.07) is 3.72. The van der Waals surface area contributed by atoms with Crippen molar-refractivity contribution in [3.63, 3.8) is 0 Å². The first-order valence-electron chi connectivity index (χ1n) is 10.3. The van der Waals surface area contributed by atoms with Crippen LogP contribution >= 0.6 is 0 Å². The lowest BCUT2D eigenvalue weighted by Crippen LogP contribution is -2.26. The van der Waals surface area contributed by atoms with Gasteiger partial charge >= 0.3 is 5.97 Å². The molecule has 2 heterocycles. The van der Waals surface area contributed by atoms with E-state index in [1.807, 2.05) is 0 Å². The molecular weight excluding hydrogens is 450 g/mol. The van der Waals surface area contributed by atoms with E-state index in [-0.39, 0.29) is 72.7 Å². The number of pyridine rings is 1. The molecule has 182 valence electrons. The highest BCUT2D eigenvalue weighted by Crippen LogP contribution is 2.35. The Kier molecular flexibility index (Phi) is 7.87. The molecule has 12 heteroatoms. The fourth-order valence-corrected chi connectivity index (χ4v) is 3.33. The molecule has 0 atom stereocenters. The van der Waals surface area contributed by atoms with Gasteiger partial charge in [-0.05, 0) is 6.92 Å². The van der Waals surface area contributed by atoms with Crippen LogP contribution < -0.4 is 26.1 Å². The summed E-state index contributed by atoms with van der Waals surface area (Å²) in [7, 11) is 3.02. The Morgan fingerprint density at radius 1 is 0.941 bits per heavy atom. The molecule has 3 rings (SSSR count). The van der Waals surface area contributed by atoms with Gasteiger partial charge in [-0.1, -0.05) is 0 Å². The molecule has 12 nitrogen and oxygen atoms in total. The van der Waals surface area contributed by atoms with Gasteiger partial charge in [0, 0.05) is 32.4 Å². The van der Waals surface area contributed by atoms with Crippen molar-refractivity contribution in [3.8, 4) is 17.2 Å². The highest BCUT2D eigenvalue weighted by Gasteiger charge is 2.33. The summed E-state index contributed by atoms with van der Waals surface area (Å²) in [6.45, 7) is 2.52. The minimum Gasteiger partial charge on any atom is -0.487 e. The van der Waals surface area contributed by atoms with Crippen LogP contribution in [0.5, 0.6) is 11.5 Å². The number of anilines is 1. The highest BCUT2D eigenvalue weighted by atomic mass is 16.6. The van der Waals surface area contributed by atoms with Crippen molar-refractivity contribution in [2.24, 2.45) is 0 Å². The number of carbonyl (C=O) groups excluding carboxylic acids is 3. The summed E-state index contributed by atoms with van der Waals surface area (Å²) in [6.07, 6.45) is 0. The number of nitrogen functional groups attached to an aromatic ring is 1. The number of methoxy groups -OCH3 is 2. The van der Waals surface area contributed by atoms with Gasteiger partial charge in [0.05, 0.1) is 42.2 Å². The van der Waals surface area contributed by atoms with Crippen LogP contribution in [0.3, 0.4) is 0 Å². The van der Waals surface area contributed by atoms with Crippen LogP contribution in [0, 0.1) is 0 Å². The van der Waals surface area contributed by atoms with E-state index in [4.69, 9.17) is 29.4 Å². The number of nitrogens with one attached hydrogen (secondary N) is 1. The second-order valence-electron chi connectivity index (χ2n) is 6.99. The molecule has 0 radical (unpaired) electrons. The van der Waals surface area contributed by atoms with Crippen LogP contribution in [0.4, 0.5) is 5.82 Å². The molecule has 0 aliphatic carbocycles. The Bertz CT molecular complexity index is 1170. The third-order valence-corrected chi connectivity index (χ3v) is 4.84. The monoisotopic (exact) mass is 475 g/mol. The first-order valence-corrected chi connectivity index (χ1v) is 10.3. The standard InChI is InChI=1S/C22H25N3O9/c1-4-32-22(29)12-9-15(33-7-5-30-2)16(34-8-6-31-3)11-14(12)25-17(26)10-13-18(19(25)23)21(28)24-20(13)27/h9-11H,4-8,23H2,1-3H3,(H,24,27,28). The number of aromatic nitrogens is 1. The van der Waals surface area contributed by atoms with E-state index in [0.29, 0.717) is 0 Å². The summed E-state index contributed by atoms with van der Waals surface area (Å²) >= 11 is 0. The lowest BCUT2D eigenvalue weighted by atomic mass is 10.1. The molecule has 0 spiro atoms. The van der Waals surface area contributed by atoms with E-state index in [2.05, 4.69) is 5.32 Å². The molecule has 0 unspecified atom stereocenters. The number of hydrogen-bond donors (Lipinski definition) is 2. The quantitative estimate of drug-likeness (QED) is 0.267. The number of amides is 2. The molecule has 2 aromatic rings. The van der Waals surface area contributed by atoms with Crippen molar-refractivity contribution >= 4 is 23.6 Å². The van der Waals surface area contributed by atoms with Gasteiger partial charge < -0.3 is 29.4 Å². The van der Waals surface area contributed by atoms with Gasteiger partial charge in [0.25, 0.3) is 17.4 Å². The van der Waals surface area contributed by atoms with Gasteiger partial charge in [-0.2, -0.15) is 0 Å². The number of esters is 1. The molecule has 2 amide bonds. The van der Waals surface area contributed by atoms with Crippen LogP contribution in [0.2, 0.25) is 0 Å². The molecular formula is C22H25N3O9. The fraction of sp³-hybridized carbons (Fsp3) is 0.364. The molecule has 1 aliphatic rings. The molecule has 1 aliphatic heterocycles. The second kappa shape index (κ2) is 10.8. The lowest BCUT2D eigenvalue weighted by Gasteiger charge is -2.19. The van der Waals surface area contributed by atoms with Gasteiger partial charge in [-0.15, -0.1) is 0 Å². The Morgan fingerprint density at radius 2 is 1.56 bits per heavy atom. The average molecular weight is 475 g/mol. The molecule has 34 heavy (non-hydrogen) atoms. The number of imide groups is 1. The molecule has 0 saturated heterocycles. The predicted molar refractivity (Wildman–Crippen MR) is 119 cm³/mol. The minimum absolute atomic E-state index is 0.0117. The summed E-state index contributed by atoms with van der Waals surface area (Å²) in [5.74, 6) is -2.17. The van der Waals surface area contributed by atoms with Crippen molar-refractivity contribution in [2.75, 3.05) is 53.0 Å². The number of ether oxygens (including phenoxy) is 5. The van der Waals surface area contributed by atoms with Gasteiger partial charge in [0.2, 0.25) is 0 Å². The normalized spacial score (nSPS) is 12.3. The van der Waals surface area contributed by atoms with E-state index in [9.17, 15) is 19.2 Å². The van der Waals surface area contributed by atoms with Crippen LogP contribution in [-0.4, -0.2) is 69.6 Å². The summed E-state index contributed by atoms with van der Waals surface area (Å²) in [5.41, 5.74) is 5.05. The summed E-state index contributed by atoms with van der Waals surface area (Å²) in [5, 5.41) is 2.10. The maximum Gasteiger partial charge on any atom is 0.340 e. The molecule has 3 N–H and O–H groups in total. The zero-order valence-corrected chi connectivity index (χ0v) is 19.0. The van der Waals surface area contributed by atoms with Gasteiger partial charge in [0.15, 0.2) is 11.5 Å². The third kappa shape index (κ3) is 4.87. The van der Waals surface area contributed by atoms with Crippen LogP contribution in [-0.2, 0) is 14.2 Å². The third-order valence-electron chi connectivity index (χ3n) is 4.84. The summed E-state index contributed by atoms with van der Waals surface area (Å²) in [4.78, 5) is 50.1. The van der Waals surface area contributed by atoms with Crippen LogP contribution in [0.25, 0.3) is 5.69 Å². The van der Waals surface area contributed by atoms with Gasteiger partial charge in [-0.25, -0.2) is 4.79 Å². The Morgan fingerprint density at radius 3 is 2.15 bits per heavy atom. The van der Waals surface area contributed by atoms with E-state index >= 15 is 0 Å². The van der Waals surface area contributed by atoms with Crippen LogP contribution in [0.15, 0.2) is 23.0 Å². The fourth-order valence-electron chi connectivity index (χ4n) is 3.33. The minimum atomic E-state index is -0.759. The second-order valence-corrected chi connectivity index (χ2v) is 6.99. The Balaban J connectivity index is 2.24. The number of fused-ring (bicyclic) bond motifs is 1. The number of hydrogen-bond acceptors (Lipinski definition) is 10. The SMILES string of the molecule is CCOC(=O)c1cc(OCCOC)c(OCCOC)cc1-n1c(N)c2c(cc1=O)C(=O)NC2=O. The molecule has 0 bridgehead atoms. The number of rotatable bonds is 11.